The Morgan fingerprint density at radius 3 is 2.37 bits per heavy atom. The molecule has 11 nitrogen and oxygen atoms in total. The van der Waals surface area contributed by atoms with Crippen molar-refractivity contribution in [2.75, 3.05) is 25.6 Å². The van der Waals surface area contributed by atoms with Gasteiger partial charge in [0.25, 0.3) is 0 Å². The smallest absolute Gasteiger partial charge is 0.410 e. The zero-order valence-corrected chi connectivity index (χ0v) is 24.1. The number of carbonyl (C=O) groups excluding carboxylic acids is 2. The molecule has 1 aliphatic rings. The van der Waals surface area contributed by atoms with E-state index in [1.807, 2.05) is 50.2 Å². The monoisotopic (exact) mass is 588 g/mol. The highest BCUT2D eigenvalue weighted by Crippen LogP contribution is 2.35. The number of ether oxygens (including phenoxy) is 3. The SMILES string of the molecule is CC(C)C(C(=O)N(C)c1ccccc1)N(C)C(=O)OCc1cc2c(O[C@@H]3O[C@H](CO)[C@H](O)[C@H](O)[C@H]3O)cccc2s1. The molecule has 0 aliphatic carbocycles. The second-order valence-electron chi connectivity index (χ2n) is 10.3. The van der Waals surface area contributed by atoms with Crippen molar-refractivity contribution in [3.63, 3.8) is 0 Å². The van der Waals surface area contributed by atoms with E-state index in [4.69, 9.17) is 14.2 Å². The van der Waals surface area contributed by atoms with Crippen molar-refractivity contribution < 1.29 is 44.2 Å². The second-order valence-corrected chi connectivity index (χ2v) is 11.5. The molecule has 12 heteroatoms. The summed E-state index contributed by atoms with van der Waals surface area (Å²) in [5, 5.41) is 40.6. The van der Waals surface area contributed by atoms with E-state index < -0.39 is 49.4 Å². The van der Waals surface area contributed by atoms with Gasteiger partial charge in [0, 0.05) is 34.7 Å². The highest BCUT2D eigenvalue weighted by molar-refractivity contribution is 7.19. The van der Waals surface area contributed by atoms with Gasteiger partial charge < -0.3 is 39.5 Å². The summed E-state index contributed by atoms with van der Waals surface area (Å²) in [4.78, 5) is 29.9. The zero-order valence-electron chi connectivity index (χ0n) is 23.3. The number of fused-ring (bicyclic) bond motifs is 1. The molecule has 2 aromatic carbocycles. The number of aliphatic hydroxyl groups excluding tert-OH is 4. The van der Waals surface area contributed by atoms with Gasteiger partial charge in [0.15, 0.2) is 0 Å². The Morgan fingerprint density at radius 2 is 1.71 bits per heavy atom. The number of hydrogen-bond donors (Lipinski definition) is 4. The molecule has 3 aromatic rings. The molecule has 4 N–H and O–H groups in total. The number of anilines is 1. The van der Waals surface area contributed by atoms with Crippen molar-refractivity contribution in [1.29, 1.82) is 0 Å². The summed E-state index contributed by atoms with van der Waals surface area (Å²) >= 11 is 1.37. The molecule has 1 unspecified atom stereocenters. The van der Waals surface area contributed by atoms with Gasteiger partial charge in [-0.25, -0.2) is 4.79 Å². The van der Waals surface area contributed by atoms with Crippen LogP contribution in [-0.2, 0) is 20.9 Å². The van der Waals surface area contributed by atoms with Crippen LogP contribution in [-0.4, -0.2) is 94.8 Å². The van der Waals surface area contributed by atoms with Gasteiger partial charge >= 0.3 is 6.09 Å². The third-order valence-corrected chi connectivity index (χ3v) is 8.14. The van der Waals surface area contributed by atoms with Crippen LogP contribution < -0.4 is 9.64 Å². The lowest BCUT2D eigenvalue weighted by molar-refractivity contribution is -0.277. The van der Waals surface area contributed by atoms with Gasteiger partial charge in [-0.2, -0.15) is 0 Å². The molecular weight excluding hydrogens is 552 g/mol. The number of carbonyl (C=O) groups is 2. The van der Waals surface area contributed by atoms with Crippen molar-refractivity contribution in [1.82, 2.24) is 4.90 Å². The molecule has 0 saturated carbocycles. The maximum Gasteiger partial charge on any atom is 0.410 e. The standard InChI is InChI=1S/C29H36N2O9S/c1-16(2)23(27(36)30(3)17-9-6-5-7-10-17)31(4)29(37)38-15-18-13-19-20(11-8-12-22(19)41-18)39-28-26(35)25(34)24(33)21(14-32)40-28/h5-13,16,21,23-26,28,32-35H,14-15H2,1-4H3/t21-,23?,24+,25+,26-,28-/m1/s1. The fraction of sp³-hybridized carbons (Fsp3) is 0.448. The third-order valence-electron chi connectivity index (χ3n) is 7.07. The van der Waals surface area contributed by atoms with Crippen molar-refractivity contribution in [2.24, 2.45) is 5.92 Å². The number of amides is 2. The summed E-state index contributed by atoms with van der Waals surface area (Å²) in [6, 6.07) is 15.5. The lowest BCUT2D eigenvalue weighted by Crippen LogP contribution is -2.60. The summed E-state index contributed by atoms with van der Waals surface area (Å²) in [7, 11) is 3.22. The molecule has 2 heterocycles. The Labute approximate surface area is 242 Å². The van der Waals surface area contributed by atoms with Crippen LogP contribution in [0.4, 0.5) is 10.5 Å². The average molecular weight is 589 g/mol. The molecule has 0 spiro atoms. The third kappa shape index (κ3) is 6.64. The first-order valence-electron chi connectivity index (χ1n) is 13.2. The first-order chi connectivity index (χ1) is 19.5. The van der Waals surface area contributed by atoms with E-state index in [-0.39, 0.29) is 18.4 Å². The Bertz CT molecular complexity index is 1330. The van der Waals surface area contributed by atoms with Crippen LogP contribution in [0.15, 0.2) is 54.6 Å². The van der Waals surface area contributed by atoms with Gasteiger partial charge in [0.05, 0.1) is 6.61 Å². The van der Waals surface area contributed by atoms with Gasteiger partial charge in [0.2, 0.25) is 12.2 Å². The fourth-order valence-corrected chi connectivity index (χ4v) is 5.77. The number of nitrogens with zero attached hydrogens (tertiary/aromatic N) is 2. The molecule has 1 aromatic heterocycles. The van der Waals surface area contributed by atoms with Crippen molar-refractivity contribution in [2.45, 2.75) is 57.2 Å². The molecular formula is C29H36N2O9S. The van der Waals surface area contributed by atoms with Crippen molar-refractivity contribution >= 4 is 39.1 Å². The molecule has 1 saturated heterocycles. The van der Waals surface area contributed by atoms with Crippen molar-refractivity contribution in [3.8, 4) is 5.75 Å². The predicted molar refractivity (Wildman–Crippen MR) is 153 cm³/mol. The largest absolute Gasteiger partial charge is 0.461 e. The van der Waals surface area contributed by atoms with E-state index in [1.54, 1.807) is 32.3 Å². The number of aliphatic hydroxyl groups is 4. The molecule has 222 valence electrons. The van der Waals surface area contributed by atoms with Crippen molar-refractivity contribution in [3.05, 3.63) is 59.5 Å². The number of para-hydroxylation sites is 1. The fourth-order valence-electron chi connectivity index (χ4n) is 4.77. The minimum absolute atomic E-state index is 0.0461. The summed E-state index contributed by atoms with van der Waals surface area (Å²) in [6.07, 6.45) is -7.67. The number of thiophene rings is 1. The molecule has 0 bridgehead atoms. The summed E-state index contributed by atoms with van der Waals surface area (Å²) in [5.74, 6) is -0.0626. The van der Waals surface area contributed by atoms with E-state index in [9.17, 15) is 30.0 Å². The van der Waals surface area contributed by atoms with Crippen LogP contribution in [0.1, 0.15) is 18.7 Å². The Morgan fingerprint density at radius 1 is 1.00 bits per heavy atom. The van der Waals surface area contributed by atoms with Crippen LogP contribution in [0.25, 0.3) is 10.1 Å². The van der Waals surface area contributed by atoms with Crippen LogP contribution in [0.5, 0.6) is 5.75 Å². The first kappa shape index (κ1) is 30.7. The molecule has 1 fully saturated rings. The Balaban J connectivity index is 1.44. The summed E-state index contributed by atoms with van der Waals surface area (Å²) < 4.78 is 17.7. The quantitative estimate of drug-likeness (QED) is 0.296. The maximum absolute atomic E-state index is 13.3. The van der Waals surface area contributed by atoms with Gasteiger partial charge in [-0.1, -0.05) is 38.1 Å². The lowest BCUT2D eigenvalue weighted by atomic mass is 9.99. The number of rotatable bonds is 9. The molecule has 1 aliphatic heterocycles. The zero-order chi connectivity index (χ0) is 29.8. The highest BCUT2D eigenvalue weighted by atomic mass is 32.1. The lowest BCUT2D eigenvalue weighted by Gasteiger charge is -2.39. The Hall–Kier alpha value is -3.26. The molecule has 0 radical (unpaired) electrons. The van der Waals surface area contributed by atoms with Gasteiger partial charge in [-0.05, 0) is 36.2 Å². The van der Waals surface area contributed by atoms with Crippen LogP contribution in [0.2, 0.25) is 0 Å². The van der Waals surface area contributed by atoms with Gasteiger partial charge in [-0.15, -0.1) is 11.3 Å². The van der Waals surface area contributed by atoms with E-state index >= 15 is 0 Å². The number of benzene rings is 2. The Kier molecular flexibility index (Phi) is 9.84. The van der Waals surface area contributed by atoms with E-state index in [2.05, 4.69) is 0 Å². The average Bonchev–Trinajstić information content (AvgIpc) is 3.40. The number of likely N-dealkylation sites (N-methyl/N-ethyl adjacent to an activating group) is 2. The topological polar surface area (TPSA) is 149 Å². The molecule has 4 rings (SSSR count). The van der Waals surface area contributed by atoms with E-state index in [0.29, 0.717) is 16.0 Å². The van der Waals surface area contributed by atoms with E-state index in [1.165, 1.54) is 21.1 Å². The second kappa shape index (κ2) is 13.1. The van der Waals surface area contributed by atoms with E-state index in [0.717, 1.165) is 10.4 Å². The van der Waals surface area contributed by atoms with Gasteiger partial charge in [-0.3, -0.25) is 9.69 Å². The first-order valence-corrected chi connectivity index (χ1v) is 14.1. The normalized spacial score (nSPS) is 23.3. The number of hydrogen-bond acceptors (Lipinski definition) is 10. The molecule has 41 heavy (non-hydrogen) atoms. The molecule has 6 atom stereocenters. The van der Waals surface area contributed by atoms with Crippen LogP contribution in [0, 0.1) is 5.92 Å². The van der Waals surface area contributed by atoms with Crippen LogP contribution >= 0.6 is 11.3 Å². The minimum Gasteiger partial charge on any atom is -0.461 e. The minimum atomic E-state index is -1.56. The summed E-state index contributed by atoms with van der Waals surface area (Å²) in [6.45, 7) is 3.13. The predicted octanol–water partition coefficient (Wildman–Crippen LogP) is 2.34. The molecule has 2 amide bonds. The van der Waals surface area contributed by atoms with Gasteiger partial charge in [0.1, 0.15) is 42.8 Å². The maximum atomic E-state index is 13.3. The van der Waals surface area contributed by atoms with Crippen LogP contribution in [0.3, 0.4) is 0 Å². The highest BCUT2D eigenvalue weighted by Gasteiger charge is 2.45. The summed E-state index contributed by atoms with van der Waals surface area (Å²) in [5.41, 5.74) is 0.719.